The molecule has 1 rings (SSSR count). The second kappa shape index (κ2) is 3.39. The van der Waals surface area contributed by atoms with E-state index in [2.05, 4.69) is 5.32 Å². The fourth-order valence-electron chi connectivity index (χ4n) is 1.05. The fourth-order valence-corrected chi connectivity index (χ4v) is 1.05. The standard InChI is InChI=1S/C9H13NO/c1-7-3-4-9(11)8(5-7)6-10-2/h3-5,10-11H,6H2,1-2H3. The molecular formula is C9H13NO. The largest absolute Gasteiger partial charge is 0.508 e. The number of benzene rings is 1. The number of rotatable bonds is 2. The molecule has 0 unspecified atom stereocenters. The Hall–Kier alpha value is -1.02. The van der Waals surface area contributed by atoms with Gasteiger partial charge in [0.25, 0.3) is 0 Å². The summed E-state index contributed by atoms with van der Waals surface area (Å²) < 4.78 is 0. The van der Waals surface area contributed by atoms with Crippen LogP contribution in [0.4, 0.5) is 0 Å². The van der Waals surface area contributed by atoms with Gasteiger partial charge < -0.3 is 10.4 Å². The highest BCUT2D eigenvalue weighted by Gasteiger charge is 1.98. The molecule has 1 aromatic rings. The van der Waals surface area contributed by atoms with Gasteiger partial charge in [0, 0.05) is 12.1 Å². The first kappa shape index (κ1) is 8.08. The van der Waals surface area contributed by atoms with Crippen molar-refractivity contribution >= 4 is 0 Å². The molecule has 60 valence electrons. The second-order valence-corrected chi connectivity index (χ2v) is 2.66. The minimum Gasteiger partial charge on any atom is -0.508 e. The Labute approximate surface area is 66.9 Å². The molecule has 0 heterocycles. The van der Waals surface area contributed by atoms with E-state index in [4.69, 9.17) is 0 Å². The van der Waals surface area contributed by atoms with Crippen LogP contribution in [0.2, 0.25) is 0 Å². The van der Waals surface area contributed by atoms with Crippen molar-refractivity contribution in [1.82, 2.24) is 5.32 Å². The molecular weight excluding hydrogens is 138 g/mol. The van der Waals surface area contributed by atoms with Crippen molar-refractivity contribution in [2.45, 2.75) is 13.5 Å². The Morgan fingerprint density at radius 3 is 2.82 bits per heavy atom. The monoisotopic (exact) mass is 151 g/mol. The maximum Gasteiger partial charge on any atom is 0.120 e. The van der Waals surface area contributed by atoms with E-state index < -0.39 is 0 Å². The summed E-state index contributed by atoms with van der Waals surface area (Å²) in [4.78, 5) is 0. The van der Waals surface area contributed by atoms with Crippen molar-refractivity contribution in [2.24, 2.45) is 0 Å². The van der Waals surface area contributed by atoms with Crippen molar-refractivity contribution in [2.75, 3.05) is 7.05 Å². The number of nitrogens with one attached hydrogen (secondary N) is 1. The molecule has 0 aliphatic rings. The van der Waals surface area contributed by atoms with E-state index in [1.807, 2.05) is 26.1 Å². The Morgan fingerprint density at radius 2 is 2.18 bits per heavy atom. The van der Waals surface area contributed by atoms with Crippen LogP contribution in [-0.4, -0.2) is 12.2 Å². The molecule has 0 saturated heterocycles. The van der Waals surface area contributed by atoms with Gasteiger partial charge in [-0.2, -0.15) is 0 Å². The molecule has 0 aromatic heterocycles. The molecule has 0 aliphatic carbocycles. The van der Waals surface area contributed by atoms with Crippen LogP contribution < -0.4 is 5.32 Å². The van der Waals surface area contributed by atoms with Crippen LogP contribution in [0.1, 0.15) is 11.1 Å². The molecule has 0 amide bonds. The fraction of sp³-hybridized carbons (Fsp3) is 0.333. The Bertz CT molecular complexity index is 245. The van der Waals surface area contributed by atoms with Crippen LogP contribution in [0.15, 0.2) is 18.2 Å². The van der Waals surface area contributed by atoms with Crippen molar-refractivity contribution in [3.8, 4) is 5.75 Å². The zero-order valence-electron chi connectivity index (χ0n) is 6.89. The minimum absolute atomic E-state index is 0.366. The highest BCUT2D eigenvalue weighted by atomic mass is 16.3. The van der Waals surface area contributed by atoms with Gasteiger partial charge in [-0.3, -0.25) is 0 Å². The van der Waals surface area contributed by atoms with E-state index in [9.17, 15) is 5.11 Å². The Kier molecular flexibility index (Phi) is 2.49. The van der Waals surface area contributed by atoms with Crippen molar-refractivity contribution in [3.63, 3.8) is 0 Å². The summed E-state index contributed by atoms with van der Waals surface area (Å²) in [5.74, 6) is 0.366. The summed E-state index contributed by atoms with van der Waals surface area (Å²) in [6, 6.07) is 5.60. The van der Waals surface area contributed by atoms with Crippen LogP contribution in [0.25, 0.3) is 0 Å². The lowest BCUT2D eigenvalue weighted by molar-refractivity contribution is 0.466. The SMILES string of the molecule is CNCc1cc(C)ccc1O. The van der Waals surface area contributed by atoms with E-state index in [0.29, 0.717) is 12.3 Å². The van der Waals surface area contributed by atoms with Crippen LogP contribution in [0, 0.1) is 6.92 Å². The van der Waals surface area contributed by atoms with E-state index in [1.54, 1.807) is 6.07 Å². The molecule has 0 bridgehead atoms. The predicted octanol–water partition coefficient (Wildman–Crippen LogP) is 1.42. The summed E-state index contributed by atoms with van der Waals surface area (Å²) >= 11 is 0. The predicted molar refractivity (Wildman–Crippen MR) is 45.6 cm³/mol. The molecule has 2 N–H and O–H groups in total. The summed E-state index contributed by atoms with van der Waals surface area (Å²) in [6.45, 7) is 2.73. The van der Waals surface area contributed by atoms with Crippen LogP contribution in [0.3, 0.4) is 0 Å². The van der Waals surface area contributed by atoms with Crippen LogP contribution in [0.5, 0.6) is 5.75 Å². The third kappa shape index (κ3) is 1.95. The van der Waals surface area contributed by atoms with Crippen molar-refractivity contribution in [3.05, 3.63) is 29.3 Å². The zero-order valence-corrected chi connectivity index (χ0v) is 6.89. The molecule has 2 heteroatoms. The minimum atomic E-state index is 0.366. The third-order valence-electron chi connectivity index (χ3n) is 1.60. The van der Waals surface area contributed by atoms with Crippen LogP contribution >= 0.6 is 0 Å². The molecule has 0 spiro atoms. The number of phenolic OH excluding ortho intramolecular Hbond substituents is 1. The van der Waals surface area contributed by atoms with Crippen molar-refractivity contribution < 1.29 is 5.11 Å². The number of aromatic hydroxyl groups is 1. The smallest absolute Gasteiger partial charge is 0.120 e. The number of hydrogen-bond acceptors (Lipinski definition) is 2. The second-order valence-electron chi connectivity index (χ2n) is 2.66. The first-order valence-electron chi connectivity index (χ1n) is 3.67. The van der Waals surface area contributed by atoms with Gasteiger partial charge in [-0.25, -0.2) is 0 Å². The lowest BCUT2D eigenvalue weighted by Crippen LogP contribution is -2.05. The number of aryl methyl sites for hydroxylation is 1. The molecule has 0 fully saturated rings. The maximum atomic E-state index is 9.33. The van der Waals surface area contributed by atoms with Gasteiger partial charge in [0.1, 0.15) is 5.75 Å². The molecule has 0 aliphatic heterocycles. The van der Waals surface area contributed by atoms with Gasteiger partial charge >= 0.3 is 0 Å². The lowest BCUT2D eigenvalue weighted by Gasteiger charge is -2.03. The van der Waals surface area contributed by atoms with Gasteiger partial charge in [0.15, 0.2) is 0 Å². The highest BCUT2D eigenvalue weighted by Crippen LogP contribution is 2.17. The molecule has 2 nitrogen and oxygen atoms in total. The van der Waals surface area contributed by atoms with Gasteiger partial charge in [-0.05, 0) is 20.0 Å². The summed E-state index contributed by atoms with van der Waals surface area (Å²) in [5, 5.41) is 12.3. The Morgan fingerprint density at radius 1 is 1.45 bits per heavy atom. The molecule has 0 saturated carbocycles. The lowest BCUT2D eigenvalue weighted by atomic mass is 10.1. The van der Waals surface area contributed by atoms with E-state index in [-0.39, 0.29) is 0 Å². The average Bonchev–Trinajstić information content (AvgIpc) is 1.98. The first-order valence-corrected chi connectivity index (χ1v) is 3.67. The summed E-state index contributed by atoms with van der Waals surface area (Å²) in [7, 11) is 1.86. The first-order chi connectivity index (χ1) is 5.24. The van der Waals surface area contributed by atoms with E-state index >= 15 is 0 Å². The van der Waals surface area contributed by atoms with Crippen molar-refractivity contribution in [1.29, 1.82) is 0 Å². The normalized spacial score (nSPS) is 10.0. The molecule has 0 radical (unpaired) electrons. The van der Waals surface area contributed by atoms with Gasteiger partial charge in [-0.1, -0.05) is 17.7 Å². The average molecular weight is 151 g/mol. The van der Waals surface area contributed by atoms with E-state index in [0.717, 1.165) is 5.56 Å². The third-order valence-corrected chi connectivity index (χ3v) is 1.60. The number of phenols is 1. The summed E-state index contributed by atoms with van der Waals surface area (Å²) in [5.41, 5.74) is 2.13. The van der Waals surface area contributed by atoms with Gasteiger partial charge in [-0.15, -0.1) is 0 Å². The van der Waals surface area contributed by atoms with E-state index in [1.165, 1.54) is 5.56 Å². The van der Waals surface area contributed by atoms with Gasteiger partial charge in [0.05, 0.1) is 0 Å². The molecule has 11 heavy (non-hydrogen) atoms. The topological polar surface area (TPSA) is 32.3 Å². The Balaban J connectivity index is 2.93. The van der Waals surface area contributed by atoms with Crippen LogP contribution in [-0.2, 0) is 6.54 Å². The zero-order chi connectivity index (χ0) is 8.27. The quantitative estimate of drug-likeness (QED) is 0.670. The molecule has 0 atom stereocenters. The molecule has 1 aromatic carbocycles. The van der Waals surface area contributed by atoms with Gasteiger partial charge in [0.2, 0.25) is 0 Å². The highest BCUT2D eigenvalue weighted by molar-refractivity contribution is 5.35. The number of hydrogen-bond donors (Lipinski definition) is 2. The summed E-state index contributed by atoms with van der Waals surface area (Å²) in [6.07, 6.45) is 0. The maximum absolute atomic E-state index is 9.33.